The molecule has 0 heterocycles. The fourth-order valence-electron chi connectivity index (χ4n) is 1.21. The first-order chi connectivity index (χ1) is 8.36. The quantitative estimate of drug-likeness (QED) is 0.579. The van der Waals surface area contributed by atoms with Crippen LogP contribution >= 0.6 is 8.58 Å². The second-order valence-corrected chi connectivity index (χ2v) is 5.26. The van der Waals surface area contributed by atoms with E-state index in [2.05, 4.69) is 74.5 Å². The molecule has 0 aliphatic rings. The minimum atomic E-state index is 0. The summed E-state index contributed by atoms with van der Waals surface area (Å²) in [4.78, 5) is 0. The van der Waals surface area contributed by atoms with Crippen LogP contribution in [0, 0.1) is 0 Å². The van der Waals surface area contributed by atoms with E-state index in [1.165, 1.54) is 23.5 Å². The van der Waals surface area contributed by atoms with Gasteiger partial charge in [0.25, 0.3) is 0 Å². The third-order valence-electron chi connectivity index (χ3n) is 2.34. The van der Waals surface area contributed by atoms with E-state index in [1.807, 2.05) is 0 Å². The van der Waals surface area contributed by atoms with Gasteiger partial charge in [0.1, 0.15) is 0 Å². The molecule has 2 aromatic carbocycles. The first kappa shape index (κ1) is 17.5. The zero-order chi connectivity index (χ0) is 12.3. The molecule has 2 aromatic rings. The summed E-state index contributed by atoms with van der Waals surface area (Å²) in [5.74, 6) is 0. The van der Waals surface area contributed by atoms with Crippen molar-refractivity contribution in [3.8, 4) is 0 Å². The molecule has 0 unspecified atom stereocenters. The summed E-state index contributed by atoms with van der Waals surface area (Å²) in [5, 5.41) is 2.79. The molecule has 99 valence electrons. The average molecular weight is 347 g/mol. The van der Waals surface area contributed by atoms with E-state index in [0.717, 1.165) is 8.58 Å². The van der Waals surface area contributed by atoms with E-state index < -0.39 is 0 Å². The van der Waals surface area contributed by atoms with Gasteiger partial charge in [0, 0.05) is 19.5 Å². The summed E-state index contributed by atoms with van der Waals surface area (Å²) < 4.78 is 0. The van der Waals surface area contributed by atoms with Crippen LogP contribution in [0.25, 0.3) is 0 Å². The summed E-state index contributed by atoms with van der Waals surface area (Å²) >= 11 is 0. The number of unbranched alkanes of at least 4 members (excludes halogenated alkanes) is 1. The van der Waals surface area contributed by atoms with E-state index in [0.29, 0.717) is 0 Å². The Morgan fingerprint density at radius 3 is 1.28 bits per heavy atom. The predicted molar refractivity (Wildman–Crippen MR) is 81.0 cm³/mol. The number of rotatable bonds is 3. The Bertz CT molecular complexity index is 347. The standard InChI is InChI=1S/C12H11P.C4H10.Rh/c1-3-7-11(8-4-1)13-12-9-5-2-6-10-12;1-3-4-2;/h1-10,13H;3-4H2,1-2H3;. The van der Waals surface area contributed by atoms with Crippen molar-refractivity contribution >= 4 is 19.2 Å². The molecule has 0 saturated heterocycles. The van der Waals surface area contributed by atoms with Gasteiger partial charge in [-0.25, -0.2) is 0 Å². The summed E-state index contributed by atoms with van der Waals surface area (Å²) in [7, 11) is 0.777. The summed E-state index contributed by atoms with van der Waals surface area (Å²) in [6, 6.07) is 21.2. The zero-order valence-corrected chi connectivity index (χ0v) is 13.7. The third-order valence-corrected chi connectivity index (χ3v) is 3.58. The topological polar surface area (TPSA) is 0 Å². The third kappa shape index (κ3) is 7.75. The van der Waals surface area contributed by atoms with Crippen LogP contribution in [0.1, 0.15) is 26.7 Å². The Hall–Kier alpha value is -0.507. The van der Waals surface area contributed by atoms with Crippen molar-refractivity contribution in [1.82, 2.24) is 0 Å². The monoisotopic (exact) mass is 347 g/mol. The molecule has 2 heteroatoms. The molecule has 0 bridgehead atoms. The molecular weight excluding hydrogens is 326 g/mol. The van der Waals surface area contributed by atoms with Gasteiger partial charge in [-0.15, -0.1) is 0 Å². The van der Waals surface area contributed by atoms with Crippen molar-refractivity contribution in [1.29, 1.82) is 0 Å². The van der Waals surface area contributed by atoms with Crippen LogP contribution in [0.4, 0.5) is 0 Å². The maximum Gasteiger partial charge on any atom is 0 e. The second kappa shape index (κ2) is 11.6. The minimum Gasteiger partial charge on any atom is -0.0654 e. The summed E-state index contributed by atoms with van der Waals surface area (Å²) in [6.07, 6.45) is 2.64. The van der Waals surface area contributed by atoms with Crippen molar-refractivity contribution in [2.24, 2.45) is 0 Å². The Kier molecular flexibility index (Phi) is 11.3. The fraction of sp³-hybridized carbons (Fsp3) is 0.250. The van der Waals surface area contributed by atoms with Crippen LogP contribution in [-0.4, -0.2) is 0 Å². The molecule has 0 saturated carbocycles. The van der Waals surface area contributed by atoms with Gasteiger partial charge < -0.3 is 0 Å². The molecule has 0 fully saturated rings. The molecule has 0 aromatic heterocycles. The molecule has 1 radical (unpaired) electrons. The molecule has 0 spiro atoms. The normalized spacial score (nSPS) is 8.78. The van der Waals surface area contributed by atoms with Crippen LogP contribution in [-0.2, 0) is 19.5 Å². The van der Waals surface area contributed by atoms with E-state index in [1.54, 1.807) is 0 Å². The maximum absolute atomic E-state index is 2.18. The Balaban J connectivity index is 0.000000512. The Morgan fingerprint density at radius 2 is 1.00 bits per heavy atom. The van der Waals surface area contributed by atoms with Crippen molar-refractivity contribution in [3.05, 3.63) is 60.7 Å². The smallest absolute Gasteiger partial charge is 0 e. The maximum atomic E-state index is 2.18. The molecular formula is C16H21PRh. The number of hydrogen-bond donors (Lipinski definition) is 0. The van der Waals surface area contributed by atoms with Gasteiger partial charge in [0.05, 0.1) is 0 Å². The Labute approximate surface area is 126 Å². The first-order valence-electron chi connectivity index (χ1n) is 6.24. The van der Waals surface area contributed by atoms with Crippen molar-refractivity contribution in [2.75, 3.05) is 0 Å². The second-order valence-electron chi connectivity index (χ2n) is 3.86. The van der Waals surface area contributed by atoms with Gasteiger partial charge in [0.15, 0.2) is 0 Å². The number of benzene rings is 2. The molecule has 0 atom stereocenters. The SMILES string of the molecule is CCCC.[Rh].c1ccc(Pc2ccccc2)cc1. The first-order valence-corrected chi connectivity index (χ1v) is 7.24. The number of hydrogen-bond acceptors (Lipinski definition) is 0. The van der Waals surface area contributed by atoms with Gasteiger partial charge in [-0.1, -0.05) is 95.9 Å². The van der Waals surface area contributed by atoms with Gasteiger partial charge in [-0.2, -0.15) is 0 Å². The fourth-order valence-corrected chi connectivity index (χ4v) is 2.26. The van der Waals surface area contributed by atoms with Gasteiger partial charge in [0.2, 0.25) is 0 Å². The molecule has 18 heavy (non-hydrogen) atoms. The van der Waals surface area contributed by atoms with Gasteiger partial charge in [-0.3, -0.25) is 0 Å². The van der Waals surface area contributed by atoms with Crippen molar-refractivity contribution in [3.63, 3.8) is 0 Å². The summed E-state index contributed by atoms with van der Waals surface area (Å²) in [5.41, 5.74) is 0. The molecule has 2 rings (SSSR count). The van der Waals surface area contributed by atoms with E-state index >= 15 is 0 Å². The van der Waals surface area contributed by atoms with Gasteiger partial charge in [-0.05, 0) is 10.6 Å². The molecule has 0 amide bonds. The van der Waals surface area contributed by atoms with Crippen molar-refractivity contribution < 1.29 is 19.5 Å². The minimum absolute atomic E-state index is 0. The van der Waals surface area contributed by atoms with E-state index in [4.69, 9.17) is 0 Å². The van der Waals surface area contributed by atoms with Crippen LogP contribution in [0.2, 0.25) is 0 Å². The van der Waals surface area contributed by atoms with E-state index in [-0.39, 0.29) is 19.5 Å². The van der Waals surface area contributed by atoms with E-state index in [9.17, 15) is 0 Å². The van der Waals surface area contributed by atoms with Crippen LogP contribution in [0.15, 0.2) is 60.7 Å². The van der Waals surface area contributed by atoms with Gasteiger partial charge >= 0.3 is 0 Å². The van der Waals surface area contributed by atoms with Crippen LogP contribution in [0.3, 0.4) is 0 Å². The Morgan fingerprint density at radius 1 is 0.667 bits per heavy atom. The molecule has 0 aliphatic heterocycles. The van der Waals surface area contributed by atoms with Crippen LogP contribution < -0.4 is 10.6 Å². The van der Waals surface area contributed by atoms with Crippen LogP contribution in [0.5, 0.6) is 0 Å². The molecule has 0 N–H and O–H groups in total. The predicted octanol–water partition coefficient (Wildman–Crippen LogP) is 4.12. The molecule has 0 nitrogen and oxygen atoms in total. The summed E-state index contributed by atoms with van der Waals surface area (Å²) in [6.45, 7) is 4.36. The average Bonchev–Trinajstić information content (AvgIpc) is 2.41. The zero-order valence-electron chi connectivity index (χ0n) is 11.0. The molecule has 0 aliphatic carbocycles. The largest absolute Gasteiger partial charge is 0.0654 e. The van der Waals surface area contributed by atoms with Crippen molar-refractivity contribution in [2.45, 2.75) is 26.7 Å².